The quantitative estimate of drug-likeness (QED) is 0.149. The molecule has 2 aliphatic rings. The standard InChI is InChI=1S/C30H18N4O8.Zn/c35-27(36)21-19-12-17-9-7-15(32-17)10-14-6-8-16(31-14)11-18-20(13-4-2-1-3-5-13)22(28(37)38)25(33-18)24(30(41)42)26(34-19)23(21)29(39)40;/h1-12,31,34H,(H,35,36)(H,37,38)(H,39,40)(H,41,42);. The number of benzene rings is 1. The first kappa shape index (κ1) is 28.8. The first-order valence-corrected chi connectivity index (χ1v) is 12.3. The van der Waals surface area contributed by atoms with E-state index >= 15 is 0 Å². The molecule has 6 N–H and O–H groups in total. The summed E-state index contributed by atoms with van der Waals surface area (Å²) in [7, 11) is 0. The van der Waals surface area contributed by atoms with Crippen LogP contribution in [0, 0.1) is 0 Å². The summed E-state index contributed by atoms with van der Waals surface area (Å²) in [6.07, 6.45) is 3.25. The number of aromatic nitrogens is 4. The van der Waals surface area contributed by atoms with Gasteiger partial charge in [-0.15, -0.1) is 0 Å². The molecule has 2 aliphatic heterocycles. The van der Waals surface area contributed by atoms with Gasteiger partial charge in [0.1, 0.15) is 11.1 Å². The number of rotatable bonds is 5. The number of hydrogen-bond acceptors (Lipinski definition) is 6. The van der Waals surface area contributed by atoms with E-state index < -0.39 is 57.4 Å². The molecule has 0 unspecified atom stereocenters. The third kappa shape index (κ3) is 5.02. The largest absolute Gasteiger partial charge is 0.478 e. The molecule has 0 radical (unpaired) electrons. The summed E-state index contributed by atoms with van der Waals surface area (Å²) in [6, 6.07) is 16.4. The van der Waals surface area contributed by atoms with Crippen LogP contribution < -0.4 is 0 Å². The maximum Gasteiger partial charge on any atom is 0.340 e. The second kappa shape index (κ2) is 11.0. The molecule has 0 saturated heterocycles. The van der Waals surface area contributed by atoms with Gasteiger partial charge in [-0.3, -0.25) is 0 Å². The number of carbonyl (C=O) groups is 4. The Morgan fingerprint density at radius 3 is 1.84 bits per heavy atom. The van der Waals surface area contributed by atoms with Gasteiger partial charge in [0.25, 0.3) is 0 Å². The van der Waals surface area contributed by atoms with Crippen LogP contribution in [0.4, 0.5) is 0 Å². The topological polar surface area (TPSA) is 207 Å². The van der Waals surface area contributed by atoms with Gasteiger partial charge < -0.3 is 30.4 Å². The molecule has 0 fully saturated rings. The molecule has 43 heavy (non-hydrogen) atoms. The molecule has 0 saturated carbocycles. The first-order valence-electron chi connectivity index (χ1n) is 12.3. The molecule has 5 heterocycles. The van der Waals surface area contributed by atoms with Gasteiger partial charge in [-0.1, -0.05) is 30.3 Å². The van der Waals surface area contributed by atoms with Crippen LogP contribution in [0.15, 0.2) is 60.7 Å². The fraction of sp³-hybridized carbons (Fsp3) is 0. The zero-order valence-corrected chi connectivity index (χ0v) is 24.9. The van der Waals surface area contributed by atoms with Crippen molar-refractivity contribution in [1.29, 1.82) is 0 Å². The van der Waals surface area contributed by atoms with Crippen LogP contribution in [0.25, 0.3) is 45.4 Å². The SMILES string of the molecule is O=C(O)C1=C(c2ccccc2)c2cc3ccc(cc4nc(cc5[nH]c(c(C(=O)O)c1n2)c(C(=O)O)c5C(=O)O)C=C4)[nH]3.[Zn]. The van der Waals surface area contributed by atoms with Crippen molar-refractivity contribution in [3.8, 4) is 0 Å². The van der Waals surface area contributed by atoms with E-state index in [9.17, 15) is 39.6 Å². The minimum atomic E-state index is -1.74. The van der Waals surface area contributed by atoms with Crippen molar-refractivity contribution in [2.75, 3.05) is 0 Å². The van der Waals surface area contributed by atoms with Crippen molar-refractivity contribution in [3.05, 3.63) is 106 Å². The molecule has 0 atom stereocenters. The zero-order valence-electron chi connectivity index (χ0n) is 22.0. The Morgan fingerprint density at radius 2 is 1.23 bits per heavy atom. The number of aromatic carboxylic acids is 3. The first-order chi connectivity index (χ1) is 20.1. The predicted molar refractivity (Wildman–Crippen MR) is 151 cm³/mol. The Morgan fingerprint density at radius 1 is 0.628 bits per heavy atom. The van der Waals surface area contributed by atoms with Gasteiger partial charge in [0.15, 0.2) is 0 Å². The van der Waals surface area contributed by atoms with Crippen LogP contribution in [-0.2, 0) is 24.3 Å². The third-order valence-electron chi connectivity index (χ3n) is 6.71. The number of carboxylic acids is 4. The van der Waals surface area contributed by atoms with Crippen LogP contribution in [0.5, 0.6) is 0 Å². The number of aromatic amines is 2. The fourth-order valence-corrected chi connectivity index (χ4v) is 5.05. The molecule has 6 rings (SSSR count). The normalized spacial score (nSPS) is 12.1. The average Bonchev–Trinajstić information content (AvgIpc) is 3.71. The second-order valence-electron chi connectivity index (χ2n) is 9.32. The van der Waals surface area contributed by atoms with Crippen molar-refractivity contribution in [2.24, 2.45) is 0 Å². The molecule has 13 heteroatoms. The molecule has 0 spiro atoms. The van der Waals surface area contributed by atoms with Gasteiger partial charge in [-0.2, -0.15) is 0 Å². The summed E-state index contributed by atoms with van der Waals surface area (Å²) in [5, 5.41) is 40.8. The van der Waals surface area contributed by atoms with E-state index in [1.165, 1.54) is 6.07 Å². The number of fused-ring (bicyclic) bond motifs is 8. The number of nitrogens with one attached hydrogen (secondary N) is 2. The zero-order chi connectivity index (χ0) is 29.7. The minimum Gasteiger partial charge on any atom is -0.478 e. The predicted octanol–water partition coefficient (Wildman–Crippen LogP) is 4.62. The molecule has 8 bridgehead atoms. The molecule has 12 nitrogen and oxygen atoms in total. The van der Waals surface area contributed by atoms with Gasteiger partial charge >= 0.3 is 23.9 Å². The van der Waals surface area contributed by atoms with Crippen LogP contribution >= 0.6 is 0 Å². The van der Waals surface area contributed by atoms with Gasteiger partial charge in [0, 0.05) is 36.1 Å². The van der Waals surface area contributed by atoms with Gasteiger partial charge in [0.05, 0.1) is 44.9 Å². The summed E-state index contributed by atoms with van der Waals surface area (Å²) >= 11 is 0. The van der Waals surface area contributed by atoms with E-state index in [1.54, 1.807) is 66.7 Å². The van der Waals surface area contributed by atoms with E-state index in [2.05, 4.69) is 19.9 Å². The maximum absolute atomic E-state index is 12.8. The van der Waals surface area contributed by atoms with Gasteiger partial charge in [-0.25, -0.2) is 29.1 Å². The number of carboxylic acid groups (broad SMARTS) is 4. The number of aliphatic carboxylic acids is 1. The van der Waals surface area contributed by atoms with E-state index in [4.69, 9.17) is 0 Å². The van der Waals surface area contributed by atoms with Crippen molar-refractivity contribution in [2.45, 2.75) is 0 Å². The molecule has 0 aliphatic carbocycles. The average molecular weight is 628 g/mol. The van der Waals surface area contributed by atoms with Crippen molar-refractivity contribution < 1.29 is 59.1 Å². The van der Waals surface area contributed by atoms with E-state index in [0.717, 1.165) is 0 Å². The molecule has 1 aromatic carbocycles. The third-order valence-corrected chi connectivity index (χ3v) is 6.71. The summed E-state index contributed by atoms with van der Waals surface area (Å²) < 4.78 is 0. The molecular weight excluding hydrogens is 610 g/mol. The van der Waals surface area contributed by atoms with Crippen molar-refractivity contribution in [1.82, 2.24) is 19.9 Å². The van der Waals surface area contributed by atoms with E-state index in [0.29, 0.717) is 22.3 Å². The van der Waals surface area contributed by atoms with Crippen molar-refractivity contribution >= 4 is 69.2 Å². The van der Waals surface area contributed by atoms with Crippen LogP contribution in [0.3, 0.4) is 0 Å². The second-order valence-corrected chi connectivity index (χ2v) is 9.32. The molecule has 4 aromatic rings. The smallest absolute Gasteiger partial charge is 0.340 e. The summed E-state index contributed by atoms with van der Waals surface area (Å²) in [4.78, 5) is 65.0. The van der Waals surface area contributed by atoms with Gasteiger partial charge in [-0.05, 0) is 48.0 Å². The summed E-state index contributed by atoms with van der Waals surface area (Å²) in [6.45, 7) is 0. The Labute approximate surface area is 253 Å². The van der Waals surface area contributed by atoms with Gasteiger partial charge in [0.2, 0.25) is 0 Å². The van der Waals surface area contributed by atoms with Crippen molar-refractivity contribution in [3.63, 3.8) is 0 Å². The molecule has 208 valence electrons. The Balaban J connectivity index is 0.00000368. The van der Waals surface area contributed by atoms with E-state index in [-0.39, 0.29) is 42.0 Å². The summed E-state index contributed by atoms with van der Waals surface area (Å²) in [5.41, 5.74) is -1.80. The minimum absolute atomic E-state index is 0. The fourth-order valence-electron chi connectivity index (χ4n) is 5.05. The molecule has 3 aromatic heterocycles. The van der Waals surface area contributed by atoms with Crippen LogP contribution in [-0.4, -0.2) is 64.2 Å². The Kier molecular flexibility index (Phi) is 7.35. The van der Waals surface area contributed by atoms with Crippen LogP contribution in [0.1, 0.15) is 59.4 Å². The Hall–Kier alpha value is -5.68. The maximum atomic E-state index is 12.8. The number of nitrogens with zero attached hydrogens (tertiary/aromatic N) is 2. The summed E-state index contributed by atoms with van der Waals surface area (Å²) in [5.74, 6) is -6.62. The molecular formula is C30H18N4O8Zn. The van der Waals surface area contributed by atoms with E-state index in [1.807, 2.05) is 0 Å². The monoisotopic (exact) mass is 626 g/mol. The number of hydrogen-bond donors (Lipinski definition) is 6. The van der Waals surface area contributed by atoms with Crippen LogP contribution in [0.2, 0.25) is 0 Å². The molecule has 0 amide bonds. The Bertz CT molecular complexity index is 2110. The number of H-pyrrole nitrogens is 2.